The summed E-state index contributed by atoms with van der Waals surface area (Å²) in [5.74, 6) is 1.39. The van der Waals surface area contributed by atoms with Gasteiger partial charge in [0, 0.05) is 32.6 Å². The molecule has 2 aromatic heterocycles. The molecule has 206 valence electrons. The third-order valence-electron chi connectivity index (χ3n) is 6.82. The summed E-state index contributed by atoms with van der Waals surface area (Å²) < 4.78 is 69.0. The SMILES string of the molecule is CCCCc1nc(N2CCN(S(=O)(=O)c3cccc(C(F)(F)F)c3)CC2)c2c(C)nn(-c3ccccc3)c2n1. The molecule has 12 heteroatoms. The molecule has 3 heterocycles. The number of anilines is 1. The number of aromatic nitrogens is 4. The van der Waals surface area contributed by atoms with Gasteiger partial charge < -0.3 is 4.90 Å². The maximum absolute atomic E-state index is 13.2. The van der Waals surface area contributed by atoms with Gasteiger partial charge in [0.05, 0.1) is 27.2 Å². The Labute approximate surface area is 225 Å². The van der Waals surface area contributed by atoms with Crippen LogP contribution in [0, 0.1) is 6.92 Å². The molecular formula is C27H29F3N6O2S. The van der Waals surface area contributed by atoms with Gasteiger partial charge in [-0.05, 0) is 43.7 Å². The zero-order valence-electron chi connectivity index (χ0n) is 21.7. The molecule has 0 unspecified atom stereocenters. The first-order valence-corrected chi connectivity index (χ1v) is 14.3. The topological polar surface area (TPSA) is 84.2 Å². The molecule has 0 aliphatic carbocycles. The lowest BCUT2D eigenvalue weighted by Crippen LogP contribution is -2.49. The number of rotatable bonds is 7. The van der Waals surface area contributed by atoms with Crippen molar-refractivity contribution in [3.8, 4) is 5.69 Å². The minimum Gasteiger partial charge on any atom is -0.353 e. The highest BCUT2D eigenvalue weighted by molar-refractivity contribution is 7.89. The molecule has 0 N–H and O–H groups in total. The molecule has 0 spiro atoms. The average Bonchev–Trinajstić information content (AvgIpc) is 3.27. The quantitative estimate of drug-likeness (QED) is 0.318. The van der Waals surface area contributed by atoms with Crippen LogP contribution in [0.1, 0.15) is 36.8 Å². The Kier molecular flexibility index (Phi) is 7.34. The van der Waals surface area contributed by atoms with Crippen LogP contribution in [-0.2, 0) is 22.6 Å². The van der Waals surface area contributed by atoms with Crippen LogP contribution in [0.2, 0.25) is 0 Å². The van der Waals surface area contributed by atoms with E-state index >= 15 is 0 Å². The van der Waals surface area contributed by atoms with E-state index in [0.29, 0.717) is 42.9 Å². The summed E-state index contributed by atoms with van der Waals surface area (Å²) in [5, 5.41) is 5.55. The van der Waals surface area contributed by atoms with Crippen molar-refractivity contribution in [2.75, 3.05) is 31.1 Å². The Hall–Kier alpha value is -3.51. The van der Waals surface area contributed by atoms with E-state index in [1.807, 2.05) is 42.2 Å². The van der Waals surface area contributed by atoms with Crippen molar-refractivity contribution in [3.63, 3.8) is 0 Å². The summed E-state index contributed by atoms with van der Waals surface area (Å²) in [4.78, 5) is 11.4. The van der Waals surface area contributed by atoms with Crippen LogP contribution in [0.15, 0.2) is 59.5 Å². The van der Waals surface area contributed by atoms with Gasteiger partial charge in [-0.1, -0.05) is 37.6 Å². The molecule has 0 saturated carbocycles. The van der Waals surface area contributed by atoms with E-state index in [-0.39, 0.29) is 18.0 Å². The number of nitrogens with zero attached hydrogens (tertiary/aromatic N) is 6. The van der Waals surface area contributed by atoms with Crippen molar-refractivity contribution in [2.24, 2.45) is 0 Å². The maximum Gasteiger partial charge on any atom is 0.416 e. The van der Waals surface area contributed by atoms with Crippen molar-refractivity contribution in [3.05, 3.63) is 71.7 Å². The number of hydrogen-bond donors (Lipinski definition) is 0. The van der Waals surface area contributed by atoms with Crippen LogP contribution < -0.4 is 4.90 Å². The second-order valence-corrected chi connectivity index (χ2v) is 11.5. The Bertz CT molecular complexity index is 1580. The molecule has 2 aromatic carbocycles. The number of hydrogen-bond acceptors (Lipinski definition) is 6. The van der Waals surface area contributed by atoms with E-state index in [2.05, 4.69) is 6.92 Å². The van der Waals surface area contributed by atoms with E-state index in [4.69, 9.17) is 15.1 Å². The van der Waals surface area contributed by atoms with Gasteiger partial charge in [-0.3, -0.25) is 0 Å². The van der Waals surface area contributed by atoms with Gasteiger partial charge in [0.2, 0.25) is 10.0 Å². The van der Waals surface area contributed by atoms with Crippen molar-refractivity contribution >= 4 is 26.9 Å². The third-order valence-corrected chi connectivity index (χ3v) is 8.72. The molecule has 1 aliphatic rings. The third kappa shape index (κ3) is 5.35. The Morgan fingerprint density at radius 2 is 1.67 bits per heavy atom. The highest BCUT2D eigenvalue weighted by Crippen LogP contribution is 2.33. The molecule has 1 fully saturated rings. The summed E-state index contributed by atoms with van der Waals surface area (Å²) in [7, 11) is -4.10. The zero-order valence-corrected chi connectivity index (χ0v) is 22.5. The lowest BCUT2D eigenvalue weighted by molar-refractivity contribution is -0.137. The summed E-state index contributed by atoms with van der Waals surface area (Å²) in [6.45, 7) is 4.87. The number of aryl methyl sites for hydroxylation is 2. The first kappa shape index (κ1) is 27.1. The average molecular weight is 559 g/mol. The van der Waals surface area contributed by atoms with Gasteiger partial charge in [0.1, 0.15) is 11.6 Å². The van der Waals surface area contributed by atoms with Crippen LogP contribution in [-0.4, -0.2) is 58.7 Å². The second kappa shape index (κ2) is 10.6. The molecule has 0 amide bonds. The van der Waals surface area contributed by atoms with Gasteiger partial charge >= 0.3 is 6.18 Å². The van der Waals surface area contributed by atoms with E-state index in [1.54, 1.807) is 4.68 Å². The summed E-state index contributed by atoms with van der Waals surface area (Å²) in [5.41, 5.74) is 1.33. The lowest BCUT2D eigenvalue weighted by Gasteiger charge is -2.35. The minimum absolute atomic E-state index is 0.111. The first-order valence-electron chi connectivity index (χ1n) is 12.8. The minimum atomic E-state index is -4.62. The van der Waals surface area contributed by atoms with Crippen LogP contribution in [0.5, 0.6) is 0 Å². The maximum atomic E-state index is 13.2. The highest BCUT2D eigenvalue weighted by Gasteiger charge is 2.34. The van der Waals surface area contributed by atoms with Crippen molar-refractivity contribution in [1.82, 2.24) is 24.1 Å². The number of para-hydroxylation sites is 1. The molecule has 0 atom stereocenters. The van der Waals surface area contributed by atoms with E-state index in [9.17, 15) is 21.6 Å². The molecule has 1 aliphatic heterocycles. The number of unbranched alkanes of at least 4 members (excludes halogenated alkanes) is 1. The Balaban J connectivity index is 1.46. The number of piperazine rings is 1. The fourth-order valence-electron chi connectivity index (χ4n) is 4.75. The molecule has 0 radical (unpaired) electrons. The predicted molar refractivity (Wildman–Crippen MR) is 142 cm³/mol. The molecule has 4 aromatic rings. The number of halogens is 3. The van der Waals surface area contributed by atoms with Gasteiger partial charge in [0.15, 0.2) is 5.65 Å². The van der Waals surface area contributed by atoms with E-state index < -0.39 is 21.8 Å². The zero-order chi connectivity index (χ0) is 27.8. The van der Waals surface area contributed by atoms with Gasteiger partial charge in [-0.2, -0.15) is 22.6 Å². The van der Waals surface area contributed by atoms with Gasteiger partial charge in [0.25, 0.3) is 0 Å². The number of benzene rings is 2. The standard InChI is InChI=1S/C27H29F3N6O2S/c1-3-4-13-23-31-25(24-19(2)33-36(26(24)32-23)21-10-6-5-7-11-21)34-14-16-35(17-15-34)39(37,38)22-12-8-9-20(18-22)27(28,29)30/h5-12,18H,3-4,13-17H2,1-2H3. The summed E-state index contributed by atoms with van der Waals surface area (Å²) >= 11 is 0. The van der Waals surface area contributed by atoms with E-state index in [0.717, 1.165) is 41.7 Å². The first-order chi connectivity index (χ1) is 18.6. The molecule has 1 saturated heterocycles. The van der Waals surface area contributed by atoms with Crippen LogP contribution in [0.4, 0.5) is 19.0 Å². The number of fused-ring (bicyclic) bond motifs is 1. The normalized spacial score (nSPS) is 15.3. The van der Waals surface area contributed by atoms with Gasteiger partial charge in [-0.25, -0.2) is 23.1 Å². The smallest absolute Gasteiger partial charge is 0.353 e. The predicted octanol–water partition coefficient (Wildman–Crippen LogP) is 5.00. The Morgan fingerprint density at radius 3 is 2.33 bits per heavy atom. The largest absolute Gasteiger partial charge is 0.416 e. The fourth-order valence-corrected chi connectivity index (χ4v) is 6.22. The Morgan fingerprint density at radius 1 is 0.949 bits per heavy atom. The summed E-state index contributed by atoms with van der Waals surface area (Å²) in [6, 6.07) is 13.6. The fraction of sp³-hybridized carbons (Fsp3) is 0.370. The second-order valence-electron chi connectivity index (χ2n) is 9.52. The number of sulfonamides is 1. The highest BCUT2D eigenvalue weighted by atomic mass is 32.2. The molecular weight excluding hydrogens is 529 g/mol. The monoisotopic (exact) mass is 558 g/mol. The molecule has 8 nitrogen and oxygen atoms in total. The van der Waals surface area contributed by atoms with E-state index in [1.165, 1.54) is 10.4 Å². The van der Waals surface area contributed by atoms with Crippen molar-refractivity contribution < 1.29 is 21.6 Å². The molecule has 0 bridgehead atoms. The van der Waals surface area contributed by atoms with Crippen LogP contribution >= 0.6 is 0 Å². The molecule has 5 rings (SSSR count). The van der Waals surface area contributed by atoms with Gasteiger partial charge in [-0.15, -0.1) is 0 Å². The summed E-state index contributed by atoms with van der Waals surface area (Å²) in [6.07, 6.45) is -2.02. The van der Waals surface area contributed by atoms with Crippen molar-refractivity contribution in [1.29, 1.82) is 0 Å². The van der Waals surface area contributed by atoms with Crippen LogP contribution in [0.3, 0.4) is 0 Å². The molecule has 39 heavy (non-hydrogen) atoms. The van der Waals surface area contributed by atoms with Crippen molar-refractivity contribution in [2.45, 2.75) is 44.2 Å². The lowest BCUT2D eigenvalue weighted by atomic mass is 10.2. The number of alkyl halides is 3. The van der Waals surface area contributed by atoms with Crippen LogP contribution in [0.25, 0.3) is 16.7 Å².